The number of ether oxygens (including phenoxy) is 1. The Morgan fingerprint density at radius 2 is 1.61 bits per heavy atom. The summed E-state index contributed by atoms with van der Waals surface area (Å²) in [5.74, 6) is -1.05. The number of rotatable bonds is 7. The maximum absolute atomic E-state index is 12.3. The van der Waals surface area contributed by atoms with Crippen molar-refractivity contribution in [1.82, 2.24) is 5.32 Å². The summed E-state index contributed by atoms with van der Waals surface area (Å²) in [5, 5.41) is 12.0. The highest BCUT2D eigenvalue weighted by Crippen LogP contribution is 2.20. The highest BCUT2D eigenvalue weighted by atomic mass is 16.5. The van der Waals surface area contributed by atoms with E-state index in [-0.39, 0.29) is 12.3 Å². The lowest BCUT2D eigenvalue weighted by Gasteiger charge is -2.28. The van der Waals surface area contributed by atoms with Crippen molar-refractivity contribution in [1.29, 1.82) is 5.26 Å². The van der Waals surface area contributed by atoms with Gasteiger partial charge in [0, 0.05) is 0 Å². The van der Waals surface area contributed by atoms with Crippen LogP contribution in [-0.2, 0) is 20.7 Å². The topological polar surface area (TPSA) is 79.2 Å². The van der Waals surface area contributed by atoms with Crippen molar-refractivity contribution in [3.63, 3.8) is 0 Å². The average Bonchev–Trinajstić information content (AvgIpc) is 2.68. The Morgan fingerprint density at radius 3 is 2.14 bits per heavy atom. The van der Waals surface area contributed by atoms with Crippen LogP contribution in [0.1, 0.15) is 33.3 Å². The molecule has 0 radical (unpaired) electrons. The zero-order valence-electron chi connectivity index (χ0n) is 16.7. The zero-order valence-corrected chi connectivity index (χ0v) is 16.7. The average molecular weight is 378 g/mol. The summed E-state index contributed by atoms with van der Waals surface area (Å²) in [7, 11) is 0. The van der Waals surface area contributed by atoms with E-state index < -0.39 is 23.5 Å². The van der Waals surface area contributed by atoms with E-state index in [1.807, 2.05) is 68.4 Å². The zero-order chi connectivity index (χ0) is 20.7. The molecule has 0 heterocycles. The number of nitrogens with zero attached hydrogens (tertiary/aromatic N) is 1. The van der Waals surface area contributed by atoms with Crippen molar-refractivity contribution >= 4 is 11.9 Å². The molecule has 0 aliphatic rings. The molecule has 5 nitrogen and oxygen atoms in total. The van der Waals surface area contributed by atoms with Gasteiger partial charge in [0.2, 0.25) is 0 Å². The quantitative estimate of drug-likeness (QED) is 0.742. The molecule has 5 heteroatoms. The van der Waals surface area contributed by atoms with E-state index in [4.69, 9.17) is 4.74 Å². The largest absolute Gasteiger partial charge is 0.452 e. The predicted molar refractivity (Wildman–Crippen MR) is 108 cm³/mol. The van der Waals surface area contributed by atoms with E-state index >= 15 is 0 Å². The van der Waals surface area contributed by atoms with Gasteiger partial charge in [-0.2, -0.15) is 5.26 Å². The van der Waals surface area contributed by atoms with Gasteiger partial charge in [-0.05, 0) is 36.5 Å². The highest BCUT2D eigenvalue weighted by Gasteiger charge is 2.32. The lowest BCUT2D eigenvalue weighted by molar-refractivity contribution is -0.154. The molecule has 0 fully saturated rings. The highest BCUT2D eigenvalue weighted by molar-refractivity contribution is 5.84. The minimum absolute atomic E-state index is 0.0758. The molecule has 0 saturated heterocycles. The number of carbonyl (C=O) groups is 2. The van der Waals surface area contributed by atoms with Crippen molar-refractivity contribution in [3.8, 4) is 17.2 Å². The number of nitrogens with one attached hydrogen (secondary N) is 1. The van der Waals surface area contributed by atoms with Crippen molar-refractivity contribution in [2.24, 2.45) is 5.92 Å². The summed E-state index contributed by atoms with van der Waals surface area (Å²) in [5.41, 5.74) is 1.97. The van der Waals surface area contributed by atoms with Crippen LogP contribution in [0.2, 0.25) is 0 Å². The number of amides is 1. The second-order valence-electron chi connectivity index (χ2n) is 7.33. The van der Waals surface area contributed by atoms with Gasteiger partial charge in [-0.1, -0.05) is 68.4 Å². The van der Waals surface area contributed by atoms with E-state index in [9.17, 15) is 14.9 Å². The van der Waals surface area contributed by atoms with Crippen LogP contribution in [0, 0.1) is 17.2 Å². The second-order valence-corrected chi connectivity index (χ2v) is 7.33. The molecule has 146 valence electrons. The van der Waals surface area contributed by atoms with Gasteiger partial charge in [0.25, 0.3) is 5.91 Å². The fraction of sp³-hybridized carbons (Fsp3) is 0.348. The molecule has 0 spiro atoms. The summed E-state index contributed by atoms with van der Waals surface area (Å²) < 4.78 is 5.24. The normalized spacial score (nSPS) is 13.9. The fourth-order valence-electron chi connectivity index (χ4n) is 2.56. The molecule has 2 aromatic carbocycles. The van der Waals surface area contributed by atoms with E-state index in [1.54, 1.807) is 6.92 Å². The molecule has 2 rings (SSSR count). The van der Waals surface area contributed by atoms with Gasteiger partial charge in [-0.3, -0.25) is 9.59 Å². The van der Waals surface area contributed by atoms with Gasteiger partial charge >= 0.3 is 5.97 Å². The minimum Gasteiger partial charge on any atom is -0.452 e. The molecule has 1 N–H and O–H groups in total. The van der Waals surface area contributed by atoms with Gasteiger partial charge in [0.15, 0.2) is 6.10 Å². The minimum atomic E-state index is -1.01. The number of benzene rings is 2. The van der Waals surface area contributed by atoms with E-state index in [0.29, 0.717) is 0 Å². The molecule has 2 atom stereocenters. The van der Waals surface area contributed by atoms with Crippen LogP contribution >= 0.6 is 0 Å². The molecular formula is C23H26N2O3. The van der Waals surface area contributed by atoms with Crippen LogP contribution < -0.4 is 5.32 Å². The predicted octanol–water partition coefficient (Wildman–Crippen LogP) is 3.88. The Balaban J connectivity index is 1.93. The first-order chi connectivity index (χ1) is 13.2. The molecule has 0 aliphatic heterocycles. The number of hydrogen-bond acceptors (Lipinski definition) is 4. The molecule has 0 unspecified atom stereocenters. The first-order valence-corrected chi connectivity index (χ1v) is 9.32. The maximum atomic E-state index is 12.3. The third-order valence-corrected chi connectivity index (χ3v) is 4.86. The number of carbonyl (C=O) groups excluding carboxylic acids is 2. The van der Waals surface area contributed by atoms with Gasteiger partial charge in [-0.15, -0.1) is 0 Å². The fourth-order valence-corrected chi connectivity index (χ4v) is 2.56. The summed E-state index contributed by atoms with van der Waals surface area (Å²) >= 11 is 0. The maximum Gasteiger partial charge on any atom is 0.311 e. The van der Waals surface area contributed by atoms with Gasteiger partial charge in [0.05, 0.1) is 12.5 Å². The van der Waals surface area contributed by atoms with Crippen LogP contribution in [0.4, 0.5) is 0 Å². The van der Waals surface area contributed by atoms with Gasteiger partial charge < -0.3 is 10.1 Å². The monoisotopic (exact) mass is 378 g/mol. The summed E-state index contributed by atoms with van der Waals surface area (Å²) in [6.45, 7) is 6.85. The molecule has 0 saturated carbocycles. The first-order valence-electron chi connectivity index (χ1n) is 9.32. The summed E-state index contributed by atoms with van der Waals surface area (Å²) in [6, 6.07) is 19.7. The molecular weight excluding hydrogens is 352 g/mol. The molecule has 1 amide bonds. The van der Waals surface area contributed by atoms with E-state index in [1.165, 1.54) is 6.92 Å². The Kier molecular flexibility index (Phi) is 6.94. The van der Waals surface area contributed by atoms with Crippen LogP contribution in [0.5, 0.6) is 0 Å². The molecule has 28 heavy (non-hydrogen) atoms. The Labute approximate surface area is 166 Å². The summed E-state index contributed by atoms with van der Waals surface area (Å²) in [4.78, 5) is 24.5. The van der Waals surface area contributed by atoms with E-state index in [2.05, 4.69) is 11.4 Å². The second kappa shape index (κ2) is 9.18. The number of hydrogen-bond donors (Lipinski definition) is 1. The van der Waals surface area contributed by atoms with Crippen LogP contribution in [-0.4, -0.2) is 23.5 Å². The number of esters is 1. The Bertz CT molecular complexity index is 854. The first kappa shape index (κ1) is 21.2. The van der Waals surface area contributed by atoms with Crippen molar-refractivity contribution in [2.45, 2.75) is 45.8 Å². The lowest BCUT2D eigenvalue weighted by Crippen LogP contribution is -2.52. The molecule has 2 aromatic rings. The molecule has 0 bridgehead atoms. The molecule has 0 aliphatic carbocycles. The van der Waals surface area contributed by atoms with Crippen LogP contribution in [0.25, 0.3) is 11.1 Å². The number of nitriles is 1. The van der Waals surface area contributed by atoms with Gasteiger partial charge in [-0.25, -0.2) is 0 Å². The van der Waals surface area contributed by atoms with Crippen molar-refractivity contribution in [3.05, 3.63) is 60.2 Å². The summed E-state index contributed by atoms with van der Waals surface area (Å²) in [6.07, 6.45) is -0.894. The third kappa shape index (κ3) is 5.43. The smallest absolute Gasteiger partial charge is 0.311 e. The SMILES string of the molecule is CC(C)[C@@](C)(C#N)NC(=O)[C@H](C)OC(=O)Cc1ccc(-c2ccccc2)cc1. The Hall–Kier alpha value is -3.13. The van der Waals surface area contributed by atoms with Crippen molar-refractivity contribution < 1.29 is 14.3 Å². The lowest BCUT2D eigenvalue weighted by atomic mass is 9.90. The van der Waals surface area contributed by atoms with E-state index in [0.717, 1.165) is 16.7 Å². The van der Waals surface area contributed by atoms with Crippen LogP contribution in [0.15, 0.2) is 54.6 Å². The van der Waals surface area contributed by atoms with Gasteiger partial charge in [0.1, 0.15) is 5.54 Å². The molecule has 0 aromatic heterocycles. The Morgan fingerprint density at radius 1 is 1.04 bits per heavy atom. The standard InChI is InChI=1S/C23H26N2O3/c1-16(2)23(4,15-24)25-22(27)17(3)28-21(26)14-18-10-12-20(13-11-18)19-8-6-5-7-9-19/h5-13,16-17H,14H2,1-4H3,(H,25,27)/t17-,23+/m0/s1. The third-order valence-electron chi connectivity index (χ3n) is 4.86. The van der Waals surface area contributed by atoms with Crippen LogP contribution in [0.3, 0.4) is 0 Å². The van der Waals surface area contributed by atoms with Crippen molar-refractivity contribution in [2.75, 3.05) is 0 Å².